The zero-order valence-electron chi connectivity index (χ0n) is 8.86. The first kappa shape index (κ1) is 9.99. The van der Waals surface area contributed by atoms with Crippen LogP contribution in [0.25, 0.3) is 10.8 Å². The molecule has 0 aliphatic heterocycles. The van der Waals surface area contributed by atoms with Crippen molar-refractivity contribution in [1.29, 1.82) is 0 Å². The van der Waals surface area contributed by atoms with Gasteiger partial charge in [-0.25, -0.2) is 0 Å². The lowest BCUT2D eigenvalue weighted by atomic mass is 10.1. The molecule has 0 aliphatic carbocycles. The molecule has 2 nitrogen and oxygen atoms in total. The predicted octanol–water partition coefficient (Wildman–Crippen LogP) is 2.96. The highest BCUT2D eigenvalue weighted by Gasteiger charge is 2.01. The van der Waals surface area contributed by atoms with Crippen LogP contribution in [0.4, 0.5) is 5.69 Å². The number of fused-ring (bicyclic) bond motifs is 1. The molecule has 0 fully saturated rings. The summed E-state index contributed by atoms with van der Waals surface area (Å²) in [6.45, 7) is 3.29. The van der Waals surface area contributed by atoms with E-state index in [4.69, 9.17) is 10.5 Å². The lowest BCUT2D eigenvalue weighted by Crippen LogP contribution is -1.97. The Morgan fingerprint density at radius 1 is 1.13 bits per heavy atom. The molecule has 0 saturated heterocycles. The summed E-state index contributed by atoms with van der Waals surface area (Å²) in [5.74, 6) is 0. The normalized spacial score (nSPS) is 10.7. The Kier molecular flexibility index (Phi) is 2.88. The summed E-state index contributed by atoms with van der Waals surface area (Å²) in [4.78, 5) is 0. The molecule has 78 valence electrons. The minimum atomic E-state index is 0.590. The van der Waals surface area contributed by atoms with Gasteiger partial charge in [0.15, 0.2) is 0 Å². The third kappa shape index (κ3) is 2.10. The Morgan fingerprint density at radius 2 is 1.80 bits per heavy atom. The fraction of sp³-hybridized carbons (Fsp3) is 0.231. The third-order valence-corrected chi connectivity index (χ3v) is 2.47. The van der Waals surface area contributed by atoms with Gasteiger partial charge in [-0.1, -0.05) is 24.3 Å². The van der Waals surface area contributed by atoms with Gasteiger partial charge in [-0.15, -0.1) is 0 Å². The molecule has 0 heterocycles. The SMILES string of the molecule is CCOCc1cc2ccccc2cc1N. The maximum Gasteiger partial charge on any atom is 0.0736 e. The molecule has 0 bridgehead atoms. The van der Waals surface area contributed by atoms with E-state index in [-0.39, 0.29) is 0 Å². The third-order valence-electron chi connectivity index (χ3n) is 2.47. The fourth-order valence-corrected chi connectivity index (χ4v) is 1.64. The molecule has 2 aromatic carbocycles. The molecule has 0 saturated carbocycles. The van der Waals surface area contributed by atoms with E-state index in [0.29, 0.717) is 13.2 Å². The van der Waals surface area contributed by atoms with Crippen molar-refractivity contribution < 1.29 is 4.74 Å². The molecule has 0 spiro atoms. The maximum absolute atomic E-state index is 5.95. The quantitative estimate of drug-likeness (QED) is 0.775. The second-order valence-electron chi connectivity index (χ2n) is 3.54. The summed E-state index contributed by atoms with van der Waals surface area (Å²) >= 11 is 0. The molecule has 2 rings (SSSR count). The van der Waals surface area contributed by atoms with Gasteiger partial charge in [0.2, 0.25) is 0 Å². The molecule has 2 aromatic rings. The Morgan fingerprint density at radius 3 is 2.47 bits per heavy atom. The minimum absolute atomic E-state index is 0.590. The van der Waals surface area contributed by atoms with E-state index < -0.39 is 0 Å². The molecule has 0 amide bonds. The fourth-order valence-electron chi connectivity index (χ4n) is 1.64. The molecule has 15 heavy (non-hydrogen) atoms. The summed E-state index contributed by atoms with van der Waals surface area (Å²) in [6, 6.07) is 12.3. The summed E-state index contributed by atoms with van der Waals surface area (Å²) in [7, 11) is 0. The Balaban J connectivity index is 2.43. The number of hydrogen-bond acceptors (Lipinski definition) is 2. The van der Waals surface area contributed by atoms with Crippen LogP contribution in [0.15, 0.2) is 36.4 Å². The van der Waals surface area contributed by atoms with Crippen LogP contribution in [0.2, 0.25) is 0 Å². The van der Waals surface area contributed by atoms with E-state index in [1.165, 1.54) is 10.8 Å². The minimum Gasteiger partial charge on any atom is -0.398 e. The van der Waals surface area contributed by atoms with Gasteiger partial charge in [-0.05, 0) is 29.8 Å². The number of rotatable bonds is 3. The van der Waals surface area contributed by atoms with Crippen LogP contribution in [0, 0.1) is 0 Å². The largest absolute Gasteiger partial charge is 0.398 e. The van der Waals surface area contributed by atoms with Crippen molar-refractivity contribution in [2.75, 3.05) is 12.3 Å². The number of nitrogens with two attached hydrogens (primary N) is 1. The summed E-state index contributed by atoms with van der Waals surface area (Å²) < 4.78 is 5.37. The van der Waals surface area contributed by atoms with Crippen LogP contribution in [0.3, 0.4) is 0 Å². The predicted molar refractivity (Wildman–Crippen MR) is 63.7 cm³/mol. The van der Waals surface area contributed by atoms with Crippen molar-refractivity contribution in [3.05, 3.63) is 42.0 Å². The van der Waals surface area contributed by atoms with Gasteiger partial charge in [0.25, 0.3) is 0 Å². The van der Waals surface area contributed by atoms with Gasteiger partial charge < -0.3 is 10.5 Å². The standard InChI is InChI=1S/C13H15NO/c1-2-15-9-12-7-10-5-3-4-6-11(10)8-13(12)14/h3-8H,2,9,14H2,1H3. The first-order valence-electron chi connectivity index (χ1n) is 5.16. The Bertz CT molecular complexity index is 465. The van der Waals surface area contributed by atoms with Crippen LogP contribution in [0.1, 0.15) is 12.5 Å². The van der Waals surface area contributed by atoms with Crippen LogP contribution >= 0.6 is 0 Å². The first-order valence-corrected chi connectivity index (χ1v) is 5.16. The highest BCUT2D eigenvalue weighted by atomic mass is 16.5. The molecular weight excluding hydrogens is 186 g/mol. The van der Waals surface area contributed by atoms with Crippen molar-refractivity contribution >= 4 is 16.5 Å². The van der Waals surface area contributed by atoms with Crippen LogP contribution in [-0.2, 0) is 11.3 Å². The second-order valence-corrected chi connectivity index (χ2v) is 3.54. The molecular formula is C13H15NO. The smallest absolute Gasteiger partial charge is 0.0736 e. The van der Waals surface area contributed by atoms with Crippen molar-refractivity contribution in [1.82, 2.24) is 0 Å². The highest BCUT2D eigenvalue weighted by molar-refractivity contribution is 5.86. The zero-order valence-corrected chi connectivity index (χ0v) is 8.86. The van der Waals surface area contributed by atoms with E-state index >= 15 is 0 Å². The molecule has 0 aromatic heterocycles. The van der Waals surface area contributed by atoms with E-state index in [2.05, 4.69) is 18.2 Å². The van der Waals surface area contributed by atoms with Crippen molar-refractivity contribution in [2.24, 2.45) is 0 Å². The van der Waals surface area contributed by atoms with Gasteiger partial charge in [0, 0.05) is 17.9 Å². The lowest BCUT2D eigenvalue weighted by Gasteiger charge is -2.07. The van der Waals surface area contributed by atoms with E-state index in [9.17, 15) is 0 Å². The molecule has 0 aliphatic rings. The van der Waals surface area contributed by atoms with Crippen LogP contribution in [-0.4, -0.2) is 6.61 Å². The van der Waals surface area contributed by atoms with Gasteiger partial charge in [-0.3, -0.25) is 0 Å². The highest BCUT2D eigenvalue weighted by Crippen LogP contribution is 2.22. The van der Waals surface area contributed by atoms with Gasteiger partial charge in [0.05, 0.1) is 6.61 Å². The zero-order chi connectivity index (χ0) is 10.7. The molecule has 0 radical (unpaired) electrons. The number of nitrogen functional groups attached to an aromatic ring is 1. The summed E-state index contributed by atoms with van der Waals surface area (Å²) in [5, 5.41) is 2.39. The average molecular weight is 201 g/mol. The summed E-state index contributed by atoms with van der Waals surface area (Å²) in [5.41, 5.74) is 7.82. The topological polar surface area (TPSA) is 35.2 Å². The molecule has 0 atom stereocenters. The van der Waals surface area contributed by atoms with E-state index in [0.717, 1.165) is 11.3 Å². The van der Waals surface area contributed by atoms with Crippen LogP contribution in [0.5, 0.6) is 0 Å². The van der Waals surface area contributed by atoms with Crippen molar-refractivity contribution in [3.63, 3.8) is 0 Å². The van der Waals surface area contributed by atoms with Crippen LogP contribution < -0.4 is 5.73 Å². The van der Waals surface area contributed by atoms with E-state index in [1.807, 2.05) is 25.1 Å². The monoisotopic (exact) mass is 201 g/mol. The van der Waals surface area contributed by atoms with Gasteiger partial charge in [-0.2, -0.15) is 0 Å². The van der Waals surface area contributed by atoms with Crippen molar-refractivity contribution in [2.45, 2.75) is 13.5 Å². The first-order chi connectivity index (χ1) is 7.31. The Labute approximate surface area is 89.7 Å². The number of anilines is 1. The Hall–Kier alpha value is -1.54. The summed E-state index contributed by atoms with van der Waals surface area (Å²) in [6.07, 6.45) is 0. The number of ether oxygens (including phenoxy) is 1. The molecule has 2 heteroatoms. The van der Waals surface area contributed by atoms with E-state index in [1.54, 1.807) is 0 Å². The number of hydrogen-bond donors (Lipinski definition) is 1. The lowest BCUT2D eigenvalue weighted by molar-refractivity contribution is 0.134. The number of benzene rings is 2. The molecule has 0 unspecified atom stereocenters. The second kappa shape index (κ2) is 4.32. The average Bonchev–Trinajstić information content (AvgIpc) is 2.26. The van der Waals surface area contributed by atoms with Gasteiger partial charge in [0.1, 0.15) is 0 Å². The van der Waals surface area contributed by atoms with Gasteiger partial charge >= 0.3 is 0 Å². The maximum atomic E-state index is 5.95. The van der Waals surface area contributed by atoms with Crippen molar-refractivity contribution in [3.8, 4) is 0 Å². The molecule has 2 N–H and O–H groups in total.